The molecule has 1 aromatic rings. The third-order valence-corrected chi connectivity index (χ3v) is 6.00. The zero-order valence-electron chi connectivity index (χ0n) is 10.6. The van der Waals surface area contributed by atoms with Crippen LogP contribution in [0.15, 0.2) is 77.9 Å². The van der Waals surface area contributed by atoms with Gasteiger partial charge < -0.3 is 12.4 Å². The van der Waals surface area contributed by atoms with Gasteiger partial charge in [-0.3, -0.25) is 0 Å². The van der Waals surface area contributed by atoms with Crippen molar-refractivity contribution in [2.75, 3.05) is 0 Å². The summed E-state index contributed by atoms with van der Waals surface area (Å²) >= 11 is 1.56. The van der Waals surface area contributed by atoms with Crippen molar-refractivity contribution in [3.05, 3.63) is 83.5 Å². The molecule has 19 heavy (non-hydrogen) atoms. The molecule has 3 rings (SSSR count). The third-order valence-electron chi connectivity index (χ3n) is 3.71. The van der Waals surface area contributed by atoms with E-state index in [0.29, 0.717) is 0 Å². The van der Waals surface area contributed by atoms with Crippen LogP contribution in [0.3, 0.4) is 0 Å². The summed E-state index contributed by atoms with van der Waals surface area (Å²) in [6.07, 6.45) is 15.7. The van der Waals surface area contributed by atoms with Crippen LogP contribution in [0.4, 0.5) is 0 Å². The van der Waals surface area contributed by atoms with Crippen molar-refractivity contribution in [1.82, 2.24) is 0 Å². The van der Waals surface area contributed by atoms with Gasteiger partial charge in [-0.25, -0.2) is 0 Å². The van der Waals surface area contributed by atoms with Crippen LogP contribution in [-0.4, -0.2) is 0 Å². The zero-order chi connectivity index (χ0) is 12.4. The molecule has 2 heteroatoms. The van der Waals surface area contributed by atoms with Gasteiger partial charge in [0.1, 0.15) is 0 Å². The molecule has 0 aliphatic heterocycles. The summed E-state index contributed by atoms with van der Waals surface area (Å²) in [5.74, 6) is 0. The van der Waals surface area contributed by atoms with Gasteiger partial charge >= 0.3 is 124 Å². The Labute approximate surface area is 136 Å². The molecular weight excluding hydrogens is 331 g/mol. The molecule has 0 radical (unpaired) electrons. The van der Waals surface area contributed by atoms with Crippen molar-refractivity contribution in [3.63, 3.8) is 0 Å². The molecule has 0 saturated carbocycles. The Hall–Kier alpha value is -0.647. The van der Waals surface area contributed by atoms with Gasteiger partial charge in [0.25, 0.3) is 0 Å². The average molecular weight is 346 g/mol. The normalized spacial score (nSPS) is 17.0. The Bertz CT molecular complexity index is 534. The Morgan fingerprint density at radius 1 is 0.842 bits per heavy atom. The summed E-state index contributed by atoms with van der Waals surface area (Å²) < 4.78 is 0.140. The molecule has 0 atom stereocenters. The molecular formula is C17H15ClZr. The van der Waals surface area contributed by atoms with E-state index in [0.717, 1.165) is 12.8 Å². The molecule has 2 aliphatic carbocycles. The van der Waals surface area contributed by atoms with E-state index in [-0.39, 0.29) is 15.5 Å². The topological polar surface area (TPSA) is 0 Å². The number of benzene rings is 1. The van der Waals surface area contributed by atoms with Crippen LogP contribution < -0.4 is 12.4 Å². The Kier molecular flexibility index (Phi) is 4.82. The molecule has 0 aromatic heterocycles. The molecule has 0 nitrogen and oxygen atoms in total. The predicted molar refractivity (Wildman–Crippen MR) is 71.8 cm³/mol. The minimum absolute atomic E-state index is 0. The molecule has 0 fully saturated rings. The SMILES string of the molecule is [Cl-].[Zr+][C](C1=CC=CC1)(C1=CC=CC1)c1ccccc1. The number of allylic oxidation sites excluding steroid dienone is 8. The number of rotatable bonds is 3. The molecule has 0 amide bonds. The summed E-state index contributed by atoms with van der Waals surface area (Å²) in [5.41, 5.74) is 4.52. The van der Waals surface area contributed by atoms with Crippen LogP contribution in [0.5, 0.6) is 0 Å². The molecule has 0 heterocycles. The molecule has 1 aromatic carbocycles. The summed E-state index contributed by atoms with van der Waals surface area (Å²) in [7, 11) is 0. The predicted octanol–water partition coefficient (Wildman–Crippen LogP) is 1.21. The van der Waals surface area contributed by atoms with Crippen LogP contribution in [0.1, 0.15) is 18.4 Å². The maximum atomic E-state index is 2.31. The minimum atomic E-state index is 0. The fraction of sp³-hybridized carbons (Fsp3) is 0.176. The quantitative estimate of drug-likeness (QED) is 0.772. The molecule has 0 bridgehead atoms. The van der Waals surface area contributed by atoms with E-state index < -0.39 is 0 Å². The van der Waals surface area contributed by atoms with Crippen molar-refractivity contribution in [2.24, 2.45) is 0 Å². The van der Waals surface area contributed by atoms with Gasteiger partial charge in [0.05, 0.1) is 0 Å². The summed E-state index contributed by atoms with van der Waals surface area (Å²) in [6.45, 7) is 0. The van der Waals surface area contributed by atoms with Gasteiger partial charge in [-0.2, -0.15) is 0 Å². The number of halogens is 1. The van der Waals surface area contributed by atoms with Crippen molar-refractivity contribution in [3.8, 4) is 0 Å². The monoisotopic (exact) mass is 344 g/mol. The second-order valence-corrected chi connectivity index (χ2v) is 6.61. The van der Waals surface area contributed by atoms with Crippen LogP contribution in [-0.2, 0) is 27.8 Å². The Morgan fingerprint density at radius 2 is 1.37 bits per heavy atom. The first-order valence-corrected chi connectivity index (χ1v) is 7.57. The van der Waals surface area contributed by atoms with E-state index in [2.05, 4.69) is 66.8 Å². The van der Waals surface area contributed by atoms with E-state index >= 15 is 0 Å². The van der Waals surface area contributed by atoms with Gasteiger partial charge in [-0.05, 0) is 0 Å². The molecule has 0 spiro atoms. The first-order chi connectivity index (χ1) is 8.82. The Morgan fingerprint density at radius 3 is 1.79 bits per heavy atom. The fourth-order valence-corrected chi connectivity index (χ4v) is 4.04. The first-order valence-electron chi connectivity index (χ1n) is 6.34. The molecule has 0 N–H and O–H groups in total. The summed E-state index contributed by atoms with van der Waals surface area (Å²) in [5, 5.41) is 0. The van der Waals surface area contributed by atoms with Crippen molar-refractivity contribution in [2.45, 2.75) is 16.0 Å². The van der Waals surface area contributed by atoms with Crippen molar-refractivity contribution < 1.29 is 37.1 Å². The number of hydrogen-bond acceptors (Lipinski definition) is 0. The van der Waals surface area contributed by atoms with Gasteiger partial charge in [-0.1, -0.05) is 0 Å². The van der Waals surface area contributed by atoms with Gasteiger partial charge in [0, 0.05) is 0 Å². The van der Waals surface area contributed by atoms with Crippen molar-refractivity contribution >= 4 is 0 Å². The van der Waals surface area contributed by atoms with Crippen LogP contribution >= 0.6 is 0 Å². The van der Waals surface area contributed by atoms with Gasteiger partial charge in [0.15, 0.2) is 0 Å². The standard InChI is InChI=1S/C17H15.ClH.Zr/c1-2-8-14(9-3-1)17(15-10-4-5-11-15)16-12-6-7-13-16;;/h1-10,12H,11,13H2;1H;/q;;+1/p-1. The van der Waals surface area contributed by atoms with Crippen LogP contribution in [0.2, 0.25) is 0 Å². The molecule has 2 aliphatic rings. The van der Waals surface area contributed by atoms with Crippen LogP contribution in [0, 0.1) is 0 Å². The fourth-order valence-electron chi connectivity index (χ4n) is 2.72. The second-order valence-electron chi connectivity index (χ2n) is 4.76. The van der Waals surface area contributed by atoms with E-state index in [1.165, 1.54) is 5.56 Å². The third kappa shape index (κ3) is 2.64. The van der Waals surface area contributed by atoms with E-state index in [9.17, 15) is 0 Å². The first kappa shape index (κ1) is 14.8. The summed E-state index contributed by atoms with van der Waals surface area (Å²) in [4.78, 5) is 0. The van der Waals surface area contributed by atoms with Crippen molar-refractivity contribution in [1.29, 1.82) is 0 Å². The van der Waals surface area contributed by atoms with E-state index in [1.54, 1.807) is 35.9 Å². The van der Waals surface area contributed by atoms with Gasteiger partial charge in [0.2, 0.25) is 0 Å². The second kappa shape index (κ2) is 6.20. The average Bonchev–Trinajstić information content (AvgIpc) is 3.12. The maximum absolute atomic E-state index is 2.31. The summed E-state index contributed by atoms with van der Waals surface area (Å²) in [6, 6.07) is 10.9. The Balaban J connectivity index is 0.00000133. The zero-order valence-corrected chi connectivity index (χ0v) is 13.9. The molecule has 0 unspecified atom stereocenters. The van der Waals surface area contributed by atoms with Gasteiger partial charge in [-0.15, -0.1) is 0 Å². The van der Waals surface area contributed by atoms with E-state index in [1.807, 2.05) is 0 Å². The molecule has 0 saturated heterocycles. The van der Waals surface area contributed by atoms with Crippen LogP contribution in [0.25, 0.3) is 0 Å². The molecule has 94 valence electrons. The van der Waals surface area contributed by atoms with E-state index in [4.69, 9.17) is 0 Å². The number of hydrogen-bond donors (Lipinski definition) is 0.